The molecular weight excluding hydrogens is 232 g/mol. The average Bonchev–Trinajstić information content (AvgIpc) is 2.38. The highest BCUT2D eigenvalue weighted by Crippen LogP contribution is 2.20. The Morgan fingerprint density at radius 2 is 2.11 bits per heavy atom. The lowest BCUT2D eigenvalue weighted by atomic mass is 10.1. The summed E-state index contributed by atoms with van der Waals surface area (Å²) in [4.78, 5) is 4.18. The fourth-order valence-corrected chi connectivity index (χ4v) is 1.44. The molecule has 1 heterocycles. The summed E-state index contributed by atoms with van der Waals surface area (Å²) in [7, 11) is 1.66. The van der Waals surface area contributed by atoms with Gasteiger partial charge in [-0.3, -0.25) is 0 Å². The third-order valence-corrected chi connectivity index (χ3v) is 2.39. The van der Waals surface area contributed by atoms with E-state index < -0.39 is 0 Å². The zero-order valence-electron chi connectivity index (χ0n) is 11.1. The molecule has 0 aliphatic rings. The van der Waals surface area contributed by atoms with Crippen molar-refractivity contribution in [1.82, 2.24) is 4.98 Å². The van der Waals surface area contributed by atoms with E-state index in [1.54, 1.807) is 13.3 Å². The molecule has 0 fully saturated rings. The van der Waals surface area contributed by atoms with Gasteiger partial charge in [0.25, 0.3) is 0 Å². The lowest BCUT2D eigenvalue weighted by Crippen LogP contribution is -2.11. The minimum Gasteiger partial charge on any atom is -0.477 e. The fourth-order valence-electron chi connectivity index (χ4n) is 1.44. The Kier molecular flexibility index (Phi) is 7.32. The van der Waals surface area contributed by atoms with Crippen LogP contribution in [0.3, 0.4) is 0 Å². The van der Waals surface area contributed by atoms with E-state index >= 15 is 0 Å². The molecule has 0 aliphatic heterocycles. The molecule has 0 bridgehead atoms. The molecule has 0 saturated carbocycles. The first-order valence-electron chi connectivity index (χ1n) is 6.15. The van der Waals surface area contributed by atoms with E-state index in [-0.39, 0.29) is 6.04 Å². The Balaban J connectivity index is 2.23. The lowest BCUT2D eigenvalue weighted by molar-refractivity contribution is 0.0641. The second-order valence-electron chi connectivity index (χ2n) is 3.99. The van der Waals surface area contributed by atoms with E-state index in [9.17, 15) is 0 Å². The molecule has 0 amide bonds. The second kappa shape index (κ2) is 8.85. The van der Waals surface area contributed by atoms with Crippen molar-refractivity contribution in [1.29, 1.82) is 0 Å². The van der Waals surface area contributed by atoms with Gasteiger partial charge in [-0.1, -0.05) is 6.07 Å². The number of nitrogens with two attached hydrogens (primary N) is 1. The van der Waals surface area contributed by atoms with Crippen molar-refractivity contribution in [2.45, 2.75) is 19.4 Å². The molecule has 0 spiro atoms. The lowest BCUT2D eigenvalue weighted by Gasteiger charge is -2.12. The van der Waals surface area contributed by atoms with Gasteiger partial charge < -0.3 is 19.9 Å². The van der Waals surface area contributed by atoms with Gasteiger partial charge in [-0.25, -0.2) is 4.98 Å². The molecule has 102 valence electrons. The average molecular weight is 254 g/mol. The smallest absolute Gasteiger partial charge is 0.218 e. The van der Waals surface area contributed by atoms with Crippen molar-refractivity contribution in [3.63, 3.8) is 0 Å². The van der Waals surface area contributed by atoms with E-state index in [0.717, 1.165) is 12.0 Å². The second-order valence-corrected chi connectivity index (χ2v) is 3.99. The number of ether oxygens (including phenoxy) is 3. The van der Waals surface area contributed by atoms with Gasteiger partial charge in [0.15, 0.2) is 0 Å². The van der Waals surface area contributed by atoms with Crippen LogP contribution in [0.4, 0.5) is 0 Å². The number of rotatable bonds is 9. The summed E-state index contributed by atoms with van der Waals surface area (Å²) in [5, 5.41) is 0. The van der Waals surface area contributed by atoms with Crippen LogP contribution in [-0.4, -0.2) is 38.5 Å². The summed E-state index contributed by atoms with van der Waals surface area (Å²) in [6.07, 6.45) is 2.52. The first-order chi connectivity index (χ1) is 8.75. The van der Waals surface area contributed by atoms with E-state index in [0.29, 0.717) is 32.3 Å². The van der Waals surface area contributed by atoms with Gasteiger partial charge >= 0.3 is 0 Å². The molecule has 2 N–H and O–H groups in total. The van der Waals surface area contributed by atoms with Crippen LogP contribution in [-0.2, 0) is 9.47 Å². The van der Waals surface area contributed by atoms with Crippen LogP contribution in [0.2, 0.25) is 0 Å². The van der Waals surface area contributed by atoms with Crippen LogP contribution in [0.5, 0.6) is 5.88 Å². The Bertz CT molecular complexity index is 332. The summed E-state index contributed by atoms with van der Waals surface area (Å²) >= 11 is 0. The zero-order chi connectivity index (χ0) is 13.2. The maximum absolute atomic E-state index is 5.84. The number of nitrogens with zero attached hydrogens (tertiary/aromatic N) is 1. The van der Waals surface area contributed by atoms with Crippen LogP contribution in [0.25, 0.3) is 0 Å². The number of aromatic nitrogens is 1. The third kappa shape index (κ3) is 5.44. The minimum atomic E-state index is -0.0772. The Labute approximate surface area is 108 Å². The van der Waals surface area contributed by atoms with Gasteiger partial charge in [-0.05, 0) is 13.0 Å². The van der Waals surface area contributed by atoms with Crippen molar-refractivity contribution >= 4 is 0 Å². The van der Waals surface area contributed by atoms with Crippen molar-refractivity contribution in [3.05, 3.63) is 23.9 Å². The topological polar surface area (TPSA) is 66.6 Å². The highest BCUT2D eigenvalue weighted by molar-refractivity contribution is 5.27. The third-order valence-electron chi connectivity index (χ3n) is 2.39. The van der Waals surface area contributed by atoms with E-state index in [1.165, 1.54) is 0 Å². The maximum Gasteiger partial charge on any atom is 0.218 e. The summed E-state index contributed by atoms with van der Waals surface area (Å²) in [6.45, 7) is 4.38. The Morgan fingerprint density at radius 3 is 2.83 bits per heavy atom. The summed E-state index contributed by atoms with van der Waals surface area (Å²) in [5.74, 6) is 0.615. The van der Waals surface area contributed by atoms with Crippen LogP contribution in [0.15, 0.2) is 18.3 Å². The highest BCUT2D eigenvalue weighted by Gasteiger charge is 2.08. The quantitative estimate of drug-likeness (QED) is 0.677. The minimum absolute atomic E-state index is 0.0772. The molecule has 5 heteroatoms. The maximum atomic E-state index is 5.84. The van der Waals surface area contributed by atoms with Crippen molar-refractivity contribution < 1.29 is 14.2 Å². The van der Waals surface area contributed by atoms with Crippen LogP contribution in [0.1, 0.15) is 24.9 Å². The highest BCUT2D eigenvalue weighted by atomic mass is 16.5. The zero-order valence-corrected chi connectivity index (χ0v) is 11.1. The van der Waals surface area contributed by atoms with Crippen molar-refractivity contribution in [2.24, 2.45) is 5.73 Å². The molecule has 5 nitrogen and oxygen atoms in total. The Morgan fingerprint density at radius 1 is 1.28 bits per heavy atom. The molecule has 1 aromatic heterocycles. The summed E-state index contributed by atoms with van der Waals surface area (Å²) in [5.41, 5.74) is 6.77. The molecule has 1 aromatic rings. The predicted octanol–water partition coefficient (Wildman–Crippen LogP) is 1.53. The van der Waals surface area contributed by atoms with Crippen molar-refractivity contribution in [3.8, 4) is 5.88 Å². The van der Waals surface area contributed by atoms with E-state index in [2.05, 4.69) is 4.98 Å². The molecule has 0 aliphatic carbocycles. The standard InChI is InChI=1S/C13H22N2O3/c1-11(14)12-5-3-6-15-13(12)18-8-4-7-17-10-9-16-2/h3,5-6,11H,4,7-10,14H2,1-2H3/t11-/m0/s1. The van der Waals surface area contributed by atoms with Crippen molar-refractivity contribution in [2.75, 3.05) is 33.5 Å². The van der Waals surface area contributed by atoms with E-state index in [1.807, 2.05) is 19.1 Å². The first kappa shape index (κ1) is 14.9. The molecule has 0 radical (unpaired) electrons. The predicted molar refractivity (Wildman–Crippen MR) is 69.6 cm³/mol. The molecule has 0 saturated heterocycles. The van der Waals surface area contributed by atoms with Crippen LogP contribution in [0, 0.1) is 0 Å². The summed E-state index contributed by atoms with van der Waals surface area (Å²) < 4.78 is 15.8. The number of hydrogen-bond donors (Lipinski definition) is 1. The molecule has 1 atom stereocenters. The molecule has 0 aromatic carbocycles. The molecule has 18 heavy (non-hydrogen) atoms. The van der Waals surface area contributed by atoms with Crippen LogP contribution >= 0.6 is 0 Å². The number of methoxy groups -OCH3 is 1. The SMILES string of the molecule is COCCOCCCOc1ncccc1[C@H](C)N. The number of pyridine rings is 1. The van der Waals surface area contributed by atoms with Gasteiger partial charge in [0.1, 0.15) is 0 Å². The summed E-state index contributed by atoms with van der Waals surface area (Å²) in [6, 6.07) is 3.72. The van der Waals surface area contributed by atoms with Gasteiger partial charge in [-0.15, -0.1) is 0 Å². The molecule has 1 rings (SSSR count). The van der Waals surface area contributed by atoms with E-state index in [4.69, 9.17) is 19.9 Å². The first-order valence-corrected chi connectivity index (χ1v) is 6.15. The van der Waals surface area contributed by atoms with Gasteiger partial charge in [0, 0.05) is 37.9 Å². The molecule has 0 unspecified atom stereocenters. The fraction of sp³-hybridized carbons (Fsp3) is 0.615. The normalized spacial score (nSPS) is 12.4. The monoisotopic (exact) mass is 254 g/mol. The van der Waals surface area contributed by atoms with Gasteiger partial charge in [0.05, 0.1) is 19.8 Å². The van der Waals surface area contributed by atoms with Crippen LogP contribution < -0.4 is 10.5 Å². The largest absolute Gasteiger partial charge is 0.477 e. The van der Waals surface area contributed by atoms with Gasteiger partial charge in [0.2, 0.25) is 5.88 Å². The molecular formula is C13H22N2O3. The van der Waals surface area contributed by atoms with Gasteiger partial charge in [-0.2, -0.15) is 0 Å². The Hall–Kier alpha value is -1.17. The number of hydrogen-bond acceptors (Lipinski definition) is 5.